The first-order valence-electron chi connectivity index (χ1n) is 8.65. The normalized spacial score (nSPS) is 14.3. The second-order valence-electron chi connectivity index (χ2n) is 6.29. The lowest BCUT2D eigenvalue weighted by molar-refractivity contribution is 0.100. The van der Waals surface area contributed by atoms with Crippen LogP contribution in [0.5, 0.6) is 0 Å². The average Bonchev–Trinajstić information content (AvgIpc) is 3.20. The van der Waals surface area contributed by atoms with Crippen LogP contribution in [0.4, 0.5) is 11.5 Å². The summed E-state index contributed by atoms with van der Waals surface area (Å²) in [5.74, 6) is 0.00826. The zero-order chi connectivity index (χ0) is 18.8. The van der Waals surface area contributed by atoms with Crippen LogP contribution in [-0.4, -0.2) is 51.8 Å². The maximum atomic E-state index is 11.3. The van der Waals surface area contributed by atoms with E-state index < -0.39 is 5.91 Å². The first-order valence-corrected chi connectivity index (χ1v) is 8.65. The van der Waals surface area contributed by atoms with E-state index >= 15 is 0 Å². The van der Waals surface area contributed by atoms with Crippen LogP contribution in [-0.2, 0) is 0 Å². The van der Waals surface area contributed by atoms with Gasteiger partial charge in [-0.3, -0.25) is 4.79 Å². The van der Waals surface area contributed by atoms with Gasteiger partial charge in [-0.1, -0.05) is 12.1 Å². The molecular formula is C18H20N8O. The van der Waals surface area contributed by atoms with E-state index in [0.717, 1.165) is 31.7 Å². The molecule has 5 N–H and O–H groups in total. The highest BCUT2D eigenvalue weighted by atomic mass is 16.1. The highest BCUT2D eigenvalue weighted by Gasteiger charge is 2.13. The summed E-state index contributed by atoms with van der Waals surface area (Å²) in [6, 6.07) is 8.19. The van der Waals surface area contributed by atoms with Crippen molar-refractivity contribution in [2.45, 2.75) is 0 Å². The van der Waals surface area contributed by atoms with Crippen molar-refractivity contribution in [3.63, 3.8) is 0 Å². The number of nitrogen functional groups attached to an aromatic ring is 1. The predicted molar refractivity (Wildman–Crippen MR) is 103 cm³/mol. The van der Waals surface area contributed by atoms with Gasteiger partial charge in [-0.15, -0.1) is 0 Å². The number of nitrogens with one attached hydrogen (secondary N) is 1. The molecule has 0 radical (unpaired) electrons. The quantitative estimate of drug-likeness (QED) is 0.612. The molecule has 138 valence electrons. The summed E-state index contributed by atoms with van der Waals surface area (Å²) in [5, 5.41) is 7.45. The molecule has 3 heterocycles. The van der Waals surface area contributed by atoms with E-state index in [2.05, 4.69) is 37.4 Å². The fourth-order valence-corrected chi connectivity index (χ4v) is 3.03. The Hall–Kier alpha value is -3.46. The summed E-state index contributed by atoms with van der Waals surface area (Å²) in [6.07, 6.45) is 4.48. The Kier molecular flexibility index (Phi) is 4.43. The smallest absolute Gasteiger partial charge is 0.251 e. The molecule has 9 nitrogen and oxygen atoms in total. The van der Waals surface area contributed by atoms with Crippen molar-refractivity contribution in [2.75, 3.05) is 36.8 Å². The largest absolute Gasteiger partial charge is 0.381 e. The Bertz CT molecular complexity index is 960. The van der Waals surface area contributed by atoms with Crippen molar-refractivity contribution in [1.29, 1.82) is 0 Å². The van der Waals surface area contributed by atoms with Gasteiger partial charge in [0.2, 0.25) is 0 Å². The monoisotopic (exact) mass is 364 g/mol. The van der Waals surface area contributed by atoms with E-state index in [-0.39, 0.29) is 11.4 Å². The summed E-state index contributed by atoms with van der Waals surface area (Å²) < 4.78 is 1.40. The fourth-order valence-electron chi connectivity index (χ4n) is 3.03. The molecule has 1 fully saturated rings. The predicted octanol–water partition coefficient (Wildman–Crippen LogP) is 0.420. The van der Waals surface area contributed by atoms with Gasteiger partial charge in [0.1, 0.15) is 0 Å². The van der Waals surface area contributed by atoms with Gasteiger partial charge in [0.05, 0.1) is 23.7 Å². The summed E-state index contributed by atoms with van der Waals surface area (Å²) in [5.41, 5.74) is 14.3. The van der Waals surface area contributed by atoms with Crippen molar-refractivity contribution < 1.29 is 4.79 Å². The Morgan fingerprint density at radius 2 is 1.85 bits per heavy atom. The molecule has 4 rings (SSSR count). The summed E-state index contributed by atoms with van der Waals surface area (Å²) >= 11 is 0. The number of primary amides is 1. The van der Waals surface area contributed by atoms with Crippen LogP contribution in [0.15, 0.2) is 42.9 Å². The minimum Gasteiger partial charge on any atom is -0.381 e. The van der Waals surface area contributed by atoms with Crippen LogP contribution < -0.4 is 21.7 Å². The second-order valence-corrected chi connectivity index (χ2v) is 6.29. The van der Waals surface area contributed by atoms with Gasteiger partial charge in [-0.2, -0.15) is 5.10 Å². The van der Waals surface area contributed by atoms with E-state index in [4.69, 9.17) is 11.5 Å². The van der Waals surface area contributed by atoms with Gasteiger partial charge in [-0.05, 0) is 12.1 Å². The molecule has 2 aromatic heterocycles. The van der Waals surface area contributed by atoms with E-state index in [1.807, 2.05) is 12.1 Å². The number of rotatable bonds is 4. The van der Waals surface area contributed by atoms with Gasteiger partial charge in [0, 0.05) is 43.6 Å². The molecule has 1 amide bonds. The molecule has 27 heavy (non-hydrogen) atoms. The van der Waals surface area contributed by atoms with E-state index in [1.165, 1.54) is 22.8 Å². The highest BCUT2D eigenvalue weighted by Crippen LogP contribution is 2.24. The maximum Gasteiger partial charge on any atom is 0.251 e. The average molecular weight is 364 g/mol. The lowest BCUT2D eigenvalue weighted by atomic mass is 10.1. The number of piperazine rings is 1. The second kappa shape index (κ2) is 7.04. The van der Waals surface area contributed by atoms with Gasteiger partial charge >= 0.3 is 0 Å². The van der Waals surface area contributed by atoms with Crippen molar-refractivity contribution in [2.24, 2.45) is 5.73 Å². The molecule has 0 saturated carbocycles. The number of nitrogens with zero attached hydrogens (tertiary/aromatic N) is 5. The summed E-state index contributed by atoms with van der Waals surface area (Å²) in [4.78, 5) is 22.4. The standard InChI is InChI=1S/C18H20N8O/c19-16-18(26-11-13(9-23-26)17(20)27)24-15(10-22-16)12-1-3-14(4-2-12)25-7-5-21-6-8-25/h1-4,9-11,21H,5-8H2,(H2,19,22)(H2,20,27). The van der Waals surface area contributed by atoms with Gasteiger partial charge in [-0.25, -0.2) is 14.6 Å². The number of carbonyl (C=O) groups excluding carboxylic acids is 1. The van der Waals surface area contributed by atoms with Crippen LogP contribution >= 0.6 is 0 Å². The van der Waals surface area contributed by atoms with Crippen LogP contribution in [0.25, 0.3) is 17.1 Å². The van der Waals surface area contributed by atoms with Gasteiger partial charge in [0.15, 0.2) is 11.6 Å². The van der Waals surface area contributed by atoms with Crippen LogP contribution in [0.2, 0.25) is 0 Å². The SMILES string of the molecule is NC(=O)c1cnn(-c2nc(-c3ccc(N4CCNCC4)cc3)cnc2N)c1. The molecule has 0 spiro atoms. The van der Waals surface area contributed by atoms with E-state index in [9.17, 15) is 4.79 Å². The number of carbonyl (C=O) groups is 1. The molecule has 1 aromatic carbocycles. The Morgan fingerprint density at radius 3 is 2.52 bits per heavy atom. The van der Waals surface area contributed by atoms with E-state index in [0.29, 0.717) is 11.5 Å². The number of benzene rings is 1. The molecular weight excluding hydrogens is 344 g/mol. The van der Waals surface area contributed by atoms with Crippen LogP contribution in [0.3, 0.4) is 0 Å². The minimum atomic E-state index is -0.563. The number of anilines is 2. The third-order valence-electron chi connectivity index (χ3n) is 4.51. The fraction of sp³-hybridized carbons (Fsp3) is 0.222. The molecule has 0 unspecified atom stereocenters. The zero-order valence-corrected chi connectivity index (χ0v) is 14.7. The summed E-state index contributed by atoms with van der Waals surface area (Å²) in [6.45, 7) is 3.97. The number of nitrogens with two attached hydrogens (primary N) is 2. The Balaban J connectivity index is 1.63. The first kappa shape index (κ1) is 17.0. The Morgan fingerprint density at radius 1 is 1.11 bits per heavy atom. The molecule has 1 saturated heterocycles. The summed E-state index contributed by atoms with van der Waals surface area (Å²) in [7, 11) is 0. The van der Waals surface area contributed by atoms with Gasteiger partial charge < -0.3 is 21.7 Å². The minimum absolute atomic E-state index is 0.218. The molecule has 0 aliphatic carbocycles. The van der Waals surface area contributed by atoms with E-state index in [1.54, 1.807) is 6.20 Å². The van der Waals surface area contributed by atoms with Crippen molar-refractivity contribution in [3.8, 4) is 17.1 Å². The van der Waals surface area contributed by atoms with Crippen molar-refractivity contribution in [3.05, 3.63) is 48.4 Å². The molecule has 9 heteroatoms. The molecule has 0 bridgehead atoms. The highest BCUT2D eigenvalue weighted by molar-refractivity contribution is 5.92. The molecule has 1 aliphatic rings. The first-order chi connectivity index (χ1) is 13.1. The van der Waals surface area contributed by atoms with Gasteiger partial charge in [0.25, 0.3) is 5.91 Å². The third-order valence-corrected chi connectivity index (χ3v) is 4.51. The maximum absolute atomic E-state index is 11.3. The van der Waals surface area contributed by atoms with Crippen LogP contribution in [0.1, 0.15) is 10.4 Å². The van der Waals surface area contributed by atoms with Crippen molar-refractivity contribution in [1.82, 2.24) is 25.1 Å². The lowest BCUT2D eigenvalue weighted by Gasteiger charge is -2.29. The number of hydrogen-bond donors (Lipinski definition) is 3. The number of aromatic nitrogens is 4. The third kappa shape index (κ3) is 3.44. The zero-order valence-electron chi connectivity index (χ0n) is 14.7. The Labute approximate surface area is 156 Å². The molecule has 0 atom stereocenters. The van der Waals surface area contributed by atoms with Crippen molar-refractivity contribution >= 4 is 17.4 Å². The number of amides is 1. The van der Waals surface area contributed by atoms with Crippen LogP contribution in [0, 0.1) is 0 Å². The lowest BCUT2D eigenvalue weighted by Crippen LogP contribution is -2.43. The number of hydrogen-bond acceptors (Lipinski definition) is 7. The molecule has 1 aliphatic heterocycles. The molecule has 3 aromatic rings. The topological polar surface area (TPSA) is 128 Å².